The van der Waals surface area contributed by atoms with Gasteiger partial charge in [-0.1, -0.05) is 41.6 Å². The molecule has 0 unspecified atom stereocenters. The molecule has 6 nitrogen and oxygen atoms in total. The van der Waals surface area contributed by atoms with Crippen LogP contribution in [0.1, 0.15) is 12.5 Å². The predicted octanol–water partition coefficient (Wildman–Crippen LogP) is 3.97. The van der Waals surface area contributed by atoms with Gasteiger partial charge in [-0.3, -0.25) is 10.1 Å². The molecular weight excluding hydrogens is 370 g/mol. The van der Waals surface area contributed by atoms with Gasteiger partial charge in [0.25, 0.3) is 0 Å². The van der Waals surface area contributed by atoms with Gasteiger partial charge in [0.2, 0.25) is 11.0 Å². The van der Waals surface area contributed by atoms with Crippen LogP contribution in [0.3, 0.4) is 0 Å². The highest BCUT2D eigenvalue weighted by molar-refractivity contribution is 8.01. The van der Waals surface area contributed by atoms with E-state index in [-0.39, 0.29) is 5.91 Å². The fourth-order valence-corrected chi connectivity index (χ4v) is 3.74. The number of rotatable bonds is 7. The smallest absolute Gasteiger partial charge is 0.250 e. The maximum absolute atomic E-state index is 12.0. The Morgan fingerprint density at radius 3 is 2.83 bits per heavy atom. The number of hydrogen-bond donors (Lipinski definition) is 1. The monoisotopic (exact) mass is 385 g/mol. The Hall–Kier alpha value is -1.77. The lowest BCUT2D eigenvalue weighted by Crippen LogP contribution is -2.07. The molecule has 1 amide bonds. The number of carbonyl (C=O) groups excluding carboxylic acids is 1. The van der Waals surface area contributed by atoms with E-state index in [0.29, 0.717) is 27.2 Å². The Morgan fingerprint density at radius 1 is 1.38 bits per heavy atom. The number of anilines is 1. The van der Waals surface area contributed by atoms with Crippen molar-refractivity contribution in [2.45, 2.75) is 11.3 Å². The summed E-state index contributed by atoms with van der Waals surface area (Å²) >= 11 is 9.05. The lowest BCUT2D eigenvalue weighted by Gasteiger charge is -2.10. The number of benzene rings is 1. The van der Waals surface area contributed by atoms with E-state index in [1.54, 1.807) is 30.0 Å². The maximum atomic E-state index is 12.0. The lowest BCUT2D eigenvalue weighted by atomic mass is 10.2. The van der Waals surface area contributed by atoms with Crippen molar-refractivity contribution in [3.8, 4) is 11.5 Å². The normalized spacial score (nSPS) is 10.8. The topological polar surface area (TPSA) is 73.3 Å². The number of amides is 1. The average Bonchev–Trinajstić information content (AvgIpc) is 2.99. The largest absolute Gasteiger partial charge is 0.493 e. The highest BCUT2D eigenvalue weighted by Crippen LogP contribution is 2.36. The first-order valence-corrected chi connectivity index (χ1v) is 9.12. The Kier molecular flexibility index (Phi) is 6.89. The Morgan fingerprint density at radius 2 is 2.17 bits per heavy atom. The highest BCUT2D eigenvalue weighted by atomic mass is 35.5. The lowest BCUT2D eigenvalue weighted by molar-refractivity contribution is -0.111. The third kappa shape index (κ3) is 4.86. The van der Waals surface area contributed by atoms with Crippen molar-refractivity contribution >= 4 is 51.8 Å². The van der Waals surface area contributed by atoms with Crippen LogP contribution >= 0.6 is 34.7 Å². The van der Waals surface area contributed by atoms with E-state index in [1.807, 2.05) is 6.92 Å². The summed E-state index contributed by atoms with van der Waals surface area (Å²) in [6, 6.07) is 3.42. The minimum atomic E-state index is -0.301. The summed E-state index contributed by atoms with van der Waals surface area (Å²) in [5, 5.41) is 11.4. The van der Waals surface area contributed by atoms with E-state index >= 15 is 0 Å². The molecule has 0 aliphatic rings. The second-order valence-corrected chi connectivity index (χ2v) is 7.26. The zero-order valence-corrected chi connectivity index (χ0v) is 15.7. The molecule has 9 heteroatoms. The van der Waals surface area contributed by atoms with Crippen molar-refractivity contribution < 1.29 is 14.3 Å². The van der Waals surface area contributed by atoms with Gasteiger partial charge < -0.3 is 9.47 Å². The van der Waals surface area contributed by atoms with Crippen molar-refractivity contribution in [3.63, 3.8) is 0 Å². The number of hydrogen-bond acceptors (Lipinski definition) is 7. The number of methoxy groups -OCH3 is 2. The minimum Gasteiger partial charge on any atom is -0.493 e. The number of halogens is 1. The Bertz CT molecular complexity index is 750. The second kappa shape index (κ2) is 8.91. The zero-order chi connectivity index (χ0) is 17.5. The quantitative estimate of drug-likeness (QED) is 0.441. The molecule has 0 aliphatic heterocycles. The molecule has 2 aromatic rings. The standard InChI is InChI=1S/C15H16ClN3O3S2/c1-4-23-15-19-18-14(24-15)17-12(20)6-5-9-7-10(16)13(22-3)11(8-9)21-2/h5-8H,4H2,1-3H3,(H,17,18,20)/b6-5+. The van der Waals surface area contributed by atoms with Gasteiger partial charge in [0, 0.05) is 6.08 Å². The number of ether oxygens (including phenoxy) is 2. The van der Waals surface area contributed by atoms with Crippen LogP contribution in [0.5, 0.6) is 11.5 Å². The third-order valence-corrected chi connectivity index (χ3v) is 4.92. The van der Waals surface area contributed by atoms with E-state index in [1.165, 1.54) is 31.6 Å². The van der Waals surface area contributed by atoms with E-state index in [4.69, 9.17) is 21.1 Å². The van der Waals surface area contributed by atoms with Gasteiger partial charge in [-0.25, -0.2) is 0 Å². The maximum Gasteiger partial charge on any atom is 0.250 e. The average molecular weight is 386 g/mol. The molecule has 0 saturated carbocycles. The van der Waals surface area contributed by atoms with Crippen LogP contribution in [0.15, 0.2) is 22.5 Å². The van der Waals surface area contributed by atoms with Crippen LogP contribution in [0, 0.1) is 0 Å². The third-order valence-electron chi connectivity index (χ3n) is 2.79. The SMILES string of the molecule is CCSc1nnc(NC(=O)/C=C/c2cc(Cl)c(OC)c(OC)c2)s1. The van der Waals surface area contributed by atoms with Gasteiger partial charge in [0.05, 0.1) is 19.2 Å². The van der Waals surface area contributed by atoms with Crippen LogP contribution in [0.25, 0.3) is 6.08 Å². The molecule has 0 aliphatic carbocycles. The number of aromatic nitrogens is 2. The molecule has 0 fully saturated rings. The summed E-state index contributed by atoms with van der Waals surface area (Å²) in [6.07, 6.45) is 3.03. The summed E-state index contributed by atoms with van der Waals surface area (Å²) in [6.45, 7) is 2.03. The summed E-state index contributed by atoms with van der Waals surface area (Å²) in [5.41, 5.74) is 0.715. The van der Waals surface area contributed by atoms with E-state index in [9.17, 15) is 4.79 Å². The van der Waals surface area contributed by atoms with Crippen LogP contribution in [-0.4, -0.2) is 36.1 Å². The summed E-state index contributed by atoms with van der Waals surface area (Å²) in [7, 11) is 3.04. The summed E-state index contributed by atoms with van der Waals surface area (Å²) in [5.74, 6) is 1.55. The zero-order valence-electron chi connectivity index (χ0n) is 13.3. The highest BCUT2D eigenvalue weighted by Gasteiger charge is 2.10. The van der Waals surface area contributed by atoms with Crippen LogP contribution < -0.4 is 14.8 Å². The molecular formula is C15H16ClN3O3S2. The Labute approximate surface area is 153 Å². The number of thioether (sulfide) groups is 1. The second-order valence-electron chi connectivity index (χ2n) is 4.37. The first kappa shape index (κ1) is 18.6. The molecule has 0 bridgehead atoms. The van der Waals surface area contributed by atoms with Gasteiger partial charge in [0.15, 0.2) is 15.8 Å². The van der Waals surface area contributed by atoms with Crippen molar-refractivity contribution in [2.24, 2.45) is 0 Å². The number of nitrogens with zero attached hydrogens (tertiary/aromatic N) is 2. The van der Waals surface area contributed by atoms with E-state index in [2.05, 4.69) is 15.5 Å². The van der Waals surface area contributed by atoms with Gasteiger partial charge in [0.1, 0.15) is 0 Å². The van der Waals surface area contributed by atoms with Gasteiger partial charge in [-0.2, -0.15) is 0 Å². The van der Waals surface area contributed by atoms with Crippen LogP contribution in [0.2, 0.25) is 5.02 Å². The van der Waals surface area contributed by atoms with Crippen LogP contribution in [-0.2, 0) is 4.79 Å². The molecule has 1 aromatic carbocycles. The summed E-state index contributed by atoms with van der Waals surface area (Å²) < 4.78 is 11.2. The molecule has 1 aromatic heterocycles. The first-order chi connectivity index (χ1) is 11.6. The molecule has 24 heavy (non-hydrogen) atoms. The first-order valence-electron chi connectivity index (χ1n) is 6.94. The predicted molar refractivity (Wildman–Crippen MR) is 98.5 cm³/mol. The Balaban J connectivity index is 2.06. The van der Waals surface area contributed by atoms with Crippen molar-refractivity contribution in [3.05, 3.63) is 28.8 Å². The summed E-state index contributed by atoms with van der Waals surface area (Å²) in [4.78, 5) is 12.0. The molecule has 128 valence electrons. The number of carbonyl (C=O) groups is 1. The fourth-order valence-electron chi connectivity index (χ4n) is 1.80. The number of nitrogens with one attached hydrogen (secondary N) is 1. The van der Waals surface area contributed by atoms with Crippen LogP contribution in [0.4, 0.5) is 5.13 Å². The van der Waals surface area contributed by atoms with E-state index in [0.717, 1.165) is 10.1 Å². The molecule has 1 N–H and O–H groups in total. The molecule has 1 heterocycles. The molecule has 0 atom stereocenters. The van der Waals surface area contributed by atoms with Gasteiger partial charge in [-0.05, 0) is 29.5 Å². The molecule has 0 radical (unpaired) electrons. The van der Waals surface area contributed by atoms with Crippen molar-refractivity contribution in [1.82, 2.24) is 10.2 Å². The van der Waals surface area contributed by atoms with Crippen molar-refractivity contribution in [1.29, 1.82) is 0 Å². The van der Waals surface area contributed by atoms with E-state index < -0.39 is 0 Å². The molecule has 0 saturated heterocycles. The van der Waals surface area contributed by atoms with Gasteiger partial charge >= 0.3 is 0 Å². The molecule has 2 rings (SSSR count). The minimum absolute atomic E-state index is 0.301. The molecule has 0 spiro atoms. The fraction of sp³-hybridized carbons (Fsp3) is 0.267. The van der Waals surface area contributed by atoms with Gasteiger partial charge in [-0.15, -0.1) is 10.2 Å². The van der Waals surface area contributed by atoms with Crippen molar-refractivity contribution in [2.75, 3.05) is 25.3 Å².